The molecule has 0 heterocycles. The topological polar surface area (TPSA) is 49.3 Å². The maximum Gasteiger partial charge on any atom is 0.224 e. The molecular weight excluding hydrogens is 294 g/mol. The second-order valence-corrected chi connectivity index (χ2v) is 5.57. The van der Waals surface area contributed by atoms with E-state index in [1.165, 1.54) is 0 Å². The van der Waals surface area contributed by atoms with Gasteiger partial charge in [0, 0.05) is 11.0 Å². The highest BCUT2D eigenvalue weighted by molar-refractivity contribution is 9.10. The first kappa shape index (κ1) is 15.2. The highest BCUT2D eigenvalue weighted by Crippen LogP contribution is 2.16. The Bertz CT molecular complexity index is 393. The van der Waals surface area contributed by atoms with E-state index < -0.39 is 0 Å². The largest absolute Gasteiger partial charge is 0.393 e. The molecule has 1 aromatic rings. The minimum absolute atomic E-state index is 0.0159. The molecule has 0 fully saturated rings. The van der Waals surface area contributed by atoms with Gasteiger partial charge in [0.05, 0.1) is 12.5 Å². The third kappa shape index (κ3) is 5.19. The summed E-state index contributed by atoms with van der Waals surface area (Å²) in [7, 11) is 0. The first-order valence-electron chi connectivity index (χ1n) is 6.19. The number of halogens is 1. The highest BCUT2D eigenvalue weighted by atomic mass is 79.9. The van der Waals surface area contributed by atoms with Gasteiger partial charge in [-0.15, -0.1) is 0 Å². The summed E-state index contributed by atoms with van der Waals surface area (Å²) in [5.74, 6) is 0.211. The number of nitrogens with one attached hydrogen (secondary N) is 1. The van der Waals surface area contributed by atoms with Crippen LogP contribution in [0.25, 0.3) is 0 Å². The number of hydrogen-bond donors (Lipinski definition) is 2. The zero-order valence-corrected chi connectivity index (χ0v) is 12.4. The van der Waals surface area contributed by atoms with Crippen molar-refractivity contribution in [2.24, 2.45) is 5.92 Å². The second kappa shape index (κ2) is 7.54. The molecule has 0 aliphatic carbocycles. The maximum atomic E-state index is 11.7. The number of benzene rings is 1. The Labute approximate surface area is 117 Å². The Morgan fingerprint density at radius 3 is 2.67 bits per heavy atom. The lowest BCUT2D eigenvalue weighted by Crippen LogP contribution is -2.29. The van der Waals surface area contributed by atoms with E-state index in [1.807, 2.05) is 38.1 Å². The standard InChI is InChI=1S/C14H20BrNO2/c1-10(2)13(17)7-8-16-14(18)9-11-5-3-4-6-12(11)15/h3-6,10,13,17H,7-9H2,1-2H3,(H,16,18). The summed E-state index contributed by atoms with van der Waals surface area (Å²) in [5.41, 5.74) is 0.972. The Morgan fingerprint density at radius 1 is 1.39 bits per heavy atom. The lowest BCUT2D eigenvalue weighted by molar-refractivity contribution is -0.120. The van der Waals surface area contributed by atoms with E-state index in [4.69, 9.17) is 0 Å². The molecule has 2 N–H and O–H groups in total. The number of aliphatic hydroxyl groups excluding tert-OH is 1. The number of aliphatic hydroxyl groups is 1. The van der Waals surface area contributed by atoms with E-state index in [0.29, 0.717) is 19.4 Å². The van der Waals surface area contributed by atoms with Gasteiger partial charge in [-0.2, -0.15) is 0 Å². The molecule has 0 saturated carbocycles. The third-order valence-corrected chi connectivity index (χ3v) is 3.61. The normalized spacial score (nSPS) is 12.5. The molecule has 4 heteroatoms. The predicted octanol–water partition coefficient (Wildman–Crippen LogP) is 2.51. The van der Waals surface area contributed by atoms with Crippen molar-refractivity contribution in [3.63, 3.8) is 0 Å². The molecule has 0 spiro atoms. The average molecular weight is 314 g/mol. The van der Waals surface area contributed by atoms with Crippen LogP contribution in [0.4, 0.5) is 0 Å². The molecule has 18 heavy (non-hydrogen) atoms. The summed E-state index contributed by atoms with van der Waals surface area (Å²) in [4.78, 5) is 11.7. The third-order valence-electron chi connectivity index (χ3n) is 2.84. The highest BCUT2D eigenvalue weighted by Gasteiger charge is 2.10. The van der Waals surface area contributed by atoms with Crippen LogP contribution in [0.3, 0.4) is 0 Å². The van der Waals surface area contributed by atoms with Gasteiger partial charge in [0.15, 0.2) is 0 Å². The number of amides is 1. The maximum absolute atomic E-state index is 11.7. The van der Waals surface area contributed by atoms with Gasteiger partial charge in [0.2, 0.25) is 5.91 Å². The van der Waals surface area contributed by atoms with Crippen molar-refractivity contribution in [2.75, 3.05) is 6.54 Å². The lowest BCUT2D eigenvalue weighted by Gasteiger charge is -2.14. The van der Waals surface area contributed by atoms with Gasteiger partial charge in [-0.05, 0) is 24.0 Å². The summed E-state index contributed by atoms with van der Waals surface area (Å²) in [5, 5.41) is 12.4. The van der Waals surface area contributed by atoms with Crippen molar-refractivity contribution >= 4 is 21.8 Å². The number of carbonyl (C=O) groups excluding carboxylic acids is 1. The Kier molecular flexibility index (Phi) is 6.36. The van der Waals surface area contributed by atoms with E-state index in [9.17, 15) is 9.90 Å². The van der Waals surface area contributed by atoms with E-state index in [1.54, 1.807) is 0 Å². The van der Waals surface area contributed by atoms with Crippen LogP contribution in [0.5, 0.6) is 0 Å². The summed E-state index contributed by atoms with van der Waals surface area (Å²) < 4.78 is 0.947. The zero-order chi connectivity index (χ0) is 13.5. The van der Waals surface area contributed by atoms with Crippen molar-refractivity contribution in [3.8, 4) is 0 Å². The molecule has 1 rings (SSSR count). The van der Waals surface area contributed by atoms with Gasteiger partial charge in [0.1, 0.15) is 0 Å². The second-order valence-electron chi connectivity index (χ2n) is 4.72. The molecule has 0 aliphatic rings. The van der Waals surface area contributed by atoms with Gasteiger partial charge >= 0.3 is 0 Å². The zero-order valence-electron chi connectivity index (χ0n) is 10.8. The minimum atomic E-state index is -0.353. The summed E-state index contributed by atoms with van der Waals surface area (Å²) in [6.07, 6.45) is 0.604. The minimum Gasteiger partial charge on any atom is -0.393 e. The van der Waals surface area contributed by atoms with Crippen LogP contribution in [0.15, 0.2) is 28.7 Å². The SMILES string of the molecule is CC(C)C(O)CCNC(=O)Cc1ccccc1Br. The summed E-state index contributed by atoms with van der Waals surface area (Å²) >= 11 is 3.42. The molecule has 3 nitrogen and oxygen atoms in total. The van der Waals surface area contributed by atoms with Crippen molar-refractivity contribution in [3.05, 3.63) is 34.3 Å². The monoisotopic (exact) mass is 313 g/mol. The molecular formula is C14H20BrNO2. The molecule has 1 amide bonds. The molecule has 0 radical (unpaired) electrons. The Morgan fingerprint density at radius 2 is 2.06 bits per heavy atom. The summed E-state index contributed by atoms with van der Waals surface area (Å²) in [6, 6.07) is 7.68. The fraction of sp³-hybridized carbons (Fsp3) is 0.500. The molecule has 0 bridgehead atoms. The van der Waals surface area contributed by atoms with Crippen molar-refractivity contribution in [1.29, 1.82) is 0 Å². The predicted molar refractivity (Wildman–Crippen MR) is 76.3 cm³/mol. The summed E-state index contributed by atoms with van der Waals surface area (Å²) in [6.45, 7) is 4.45. The van der Waals surface area contributed by atoms with Gasteiger partial charge in [-0.1, -0.05) is 48.0 Å². The van der Waals surface area contributed by atoms with Crippen LogP contribution >= 0.6 is 15.9 Å². The van der Waals surface area contributed by atoms with Gasteiger partial charge in [-0.25, -0.2) is 0 Å². The Hall–Kier alpha value is -0.870. The molecule has 1 aromatic carbocycles. The quantitative estimate of drug-likeness (QED) is 0.848. The van der Waals surface area contributed by atoms with Crippen LogP contribution in [0.2, 0.25) is 0 Å². The molecule has 100 valence electrons. The molecule has 1 atom stereocenters. The van der Waals surface area contributed by atoms with Crippen molar-refractivity contribution in [1.82, 2.24) is 5.32 Å². The average Bonchev–Trinajstić information content (AvgIpc) is 2.32. The van der Waals surface area contributed by atoms with Crippen LogP contribution in [-0.2, 0) is 11.2 Å². The van der Waals surface area contributed by atoms with Crippen LogP contribution in [0, 0.1) is 5.92 Å². The fourth-order valence-electron chi connectivity index (χ4n) is 1.57. The van der Waals surface area contributed by atoms with E-state index in [-0.39, 0.29) is 17.9 Å². The molecule has 0 saturated heterocycles. The Balaban J connectivity index is 2.33. The van der Waals surface area contributed by atoms with Gasteiger partial charge in [0.25, 0.3) is 0 Å². The number of hydrogen-bond acceptors (Lipinski definition) is 2. The molecule has 0 aromatic heterocycles. The van der Waals surface area contributed by atoms with Crippen LogP contribution < -0.4 is 5.32 Å². The van der Waals surface area contributed by atoms with E-state index >= 15 is 0 Å². The molecule has 0 aliphatic heterocycles. The van der Waals surface area contributed by atoms with Crippen LogP contribution in [0.1, 0.15) is 25.8 Å². The van der Waals surface area contributed by atoms with Gasteiger partial charge < -0.3 is 10.4 Å². The number of rotatable bonds is 6. The van der Waals surface area contributed by atoms with E-state index in [0.717, 1.165) is 10.0 Å². The van der Waals surface area contributed by atoms with Gasteiger partial charge in [-0.3, -0.25) is 4.79 Å². The first-order chi connectivity index (χ1) is 8.50. The smallest absolute Gasteiger partial charge is 0.224 e. The van der Waals surface area contributed by atoms with Crippen molar-refractivity contribution in [2.45, 2.75) is 32.8 Å². The van der Waals surface area contributed by atoms with E-state index in [2.05, 4.69) is 21.2 Å². The molecule has 1 unspecified atom stereocenters. The van der Waals surface area contributed by atoms with Crippen molar-refractivity contribution < 1.29 is 9.90 Å². The lowest BCUT2D eigenvalue weighted by atomic mass is 10.0. The first-order valence-corrected chi connectivity index (χ1v) is 6.98. The number of carbonyl (C=O) groups is 1. The van der Waals surface area contributed by atoms with Crippen LogP contribution in [-0.4, -0.2) is 23.7 Å². The fourth-order valence-corrected chi connectivity index (χ4v) is 2.00.